The van der Waals surface area contributed by atoms with Crippen molar-refractivity contribution in [3.05, 3.63) is 45.9 Å². The van der Waals surface area contributed by atoms with Crippen LogP contribution in [-0.4, -0.2) is 44.5 Å². The van der Waals surface area contributed by atoms with E-state index in [1.165, 1.54) is 22.7 Å². The van der Waals surface area contributed by atoms with Gasteiger partial charge in [-0.1, -0.05) is 23.5 Å². The van der Waals surface area contributed by atoms with Gasteiger partial charge in [0, 0.05) is 23.2 Å². The van der Waals surface area contributed by atoms with Gasteiger partial charge in [0.2, 0.25) is 5.91 Å². The molecule has 1 saturated heterocycles. The second-order valence-corrected chi connectivity index (χ2v) is 8.48. The molecule has 0 spiro atoms. The van der Waals surface area contributed by atoms with Gasteiger partial charge in [0.25, 0.3) is 5.91 Å². The minimum absolute atomic E-state index is 0.172. The highest BCUT2D eigenvalue weighted by molar-refractivity contribution is 7.14. The number of nitrogens with zero attached hydrogens (tertiary/aromatic N) is 4. The van der Waals surface area contributed by atoms with Crippen molar-refractivity contribution in [3.63, 3.8) is 0 Å². The number of likely N-dealkylation sites (tertiary alicyclic amines) is 1. The van der Waals surface area contributed by atoms with Gasteiger partial charge in [-0.25, -0.2) is 4.98 Å². The largest absolute Gasteiger partial charge is 0.325 e. The first-order valence-corrected chi connectivity index (χ1v) is 10.8. The molecule has 2 amide bonds. The van der Waals surface area contributed by atoms with E-state index in [0.29, 0.717) is 24.3 Å². The van der Waals surface area contributed by atoms with Gasteiger partial charge in [0.1, 0.15) is 21.8 Å². The molecule has 4 rings (SSSR count). The smallest absolute Gasteiger partial charge is 0.274 e. The summed E-state index contributed by atoms with van der Waals surface area (Å²) >= 11 is 2.88. The Morgan fingerprint density at radius 2 is 2.14 bits per heavy atom. The van der Waals surface area contributed by atoms with E-state index in [0.717, 1.165) is 28.4 Å². The molecule has 0 saturated carbocycles. The fourth-order valence-corrected chi connectivity index (χ4v) is 4.50. The van der Waals surface area contributed by atoms with Crippen LogP contribution >= 0.6 is 22.7 Å². The highest BCUT2D eigenvalue weighted by atomic mass is 32.1. The maximum Gasteiger partial charge on any atom is 0.274 e. The summed E-state index contributed by atoms with van der Waals surface area (Å²) in [4.78, 5) is 31.4. The summed E-state index contributed by atoms with van der Waals surface area (Å²) in [5.74, 6) is -0.354. The topological polar surface area (TPSA) is 88.1 Å². The number of carbonyl (C=O) groups is 2. The molecule has 9 heteroatoms. The molecule has 1 aliphatic heterocycles. The van der Waals surface area contributed by atoms with Crippen molar-refractivity contribution in [2.24, 2.45) is 0 Å². The van der Waals surface area contributed by atoms with Crippen molar-refractivity contribution in [1.82, 2.24) is 20.1 Å². The van der Waals surface area contributed by atoms with E-state index in [9.17, 15) is 9.59 Å². The molecule has 1 atom stereocenters. The molecule has 144 valence electrons. The Morgan fingerprint density at radius 3 is 2.89 bits per heavy atom. The van der Waals surface area contributed by atoms with Gasteiger partial charge in [-0.3, -0.25) is 9.59 Å². The third kappa shape index (κ3) is 3.95. The van der Waals surface area contributed by atoms with E-state index in [2.05, 4.69) is 20.5 Å². The maximum atomic E-state index is 13.0. The van der Waals surface area contributed by atoms with Crippen LogP contribution in [0.4, 0.5) is 5.69 Å². The number of hydrogen-bond donors (Lipinski definition) is 1. The Morgan fingerprint density at radius 1 is 1.25 bits per heavy atom. The second kappa shape index (κ2) is 8.15. The molecule has 0 radical (unpaired) electrons. The van der Waals surface area contributed by atoms with Crippen LogP contribution in [0, 0.1) is 6.92 Å². The van der Waals surface area contributed by atoms with E-state index < -0.39 is 6.04 Å². The summed E-state index contributed by atoms with van der Waals surface area (Å²) in [5, 5.41) is 14.6. The first-order chi connectivity index (χ1) is 13.6. The van der Waals surface area contributed by atoms with Gasteiger partial charge in [-0.05, 0) is 38.3 Å². The number of nitrogens with one attached hydrogen (secondary N) is 1. The first-order valence-electron chi connectivity index (χ1n) is 9.02. The average molecular weight is 414 g/mol. The number of aromatic nitrogens is 3. The lowest BCUT2D eigenvalue weighted by Gasteiger charge is -2.34. The molecule has 2 aromatic heterocycles. The summed E-state index contributed by atoms with van der Waals surface area (Å²) in [6.45, 7) is 2.47. The Kier molecular flexibility index (Phi) is 5.45. The molecular formula is C19H19N5O2S2. The fraction of sp³-hybridized carbons (Fsp3) is 0.316. The van der Waals surface area contributed by atoms with Crippen LogP contribution in [-0.2, 0) is 4.79 Å². The SMILES string of the molecule is Cc1nnc(-c2cccc(NC(=O)C3CCCCN3C(=O)c3cscn3)c2)s1. The number of benzene rings is 1. The van der Waals surface area contributed by atoms with E-state index >= 15 is 0 Å². The highest BCUT2D eigenvalue weighted by Gasteiger charge is 2.33. The zero-order chi connectivity index (χ0) is 19.5. The van der Waals surface area contributed by atoms with Crippen molar-refractivity contribution in [2.45, 2.75) is 32.2 Å². The fourth-order valence-electron chi connectivity index (χ4n) is 3.28. The number of amides is 2. The van der Waals surface area contributed by atoms with Crippen LogP contribution in [0.3, 0.4) is 0 Å². The van der Waals surface area contributed by atoms with Crippen molar-refractivity contribution in [2.75, 3.05) is 11.9 Å². The Balaban J connectivity index is 1.51. The summed E-state index contributed by atoms with van der Waals surface area (Å²) in [6, 6.07) is 7.04. The van der Waals surface area contributed by atoms with Crippen LogP contribution in [0.1, 0.15) is 34.8 Å². The van der Waals surface area contributed by atoms with Crippen molar-refractivity contribution in [3.8, 4) is 10.6 Å². The van der Waals surface area contributed by atoms with E-state index in [-0.39, 0.29) is 11.8 Å². The number of thiazole rings is 1. The van der Waals surface area contributed by atoms with E-state index in [1.807, 2.05) is 31.2 Å². The monoisotopic (exact) mass is 413 g/mol. The zero-order valence-electron chi connectivity index (χ0n) is 15.3. The maximum absolute atomic E-state index is 13.0. The molecule has 0 aliphatic carbocycles. The third-order valence-electron chi connectivity index (χ3n) is 4.62. The number of anilines is 1. The summed E-state index contributed by atoms with van der Waals surface area (Å²) in [6.07, 6.45) is 2.46. The lowest BCUT2D eigenvalue weighted by atomic mass is 10.0. The van der Waals surface area contributed by atoms with Gasteiger partial charge in [0.15, 0.2) is 0 Å². The van der Waals surface area contributed by atoms with E-state index in [4.69, 9.17) is 0 Å². The number of hydrogen-bond acceptors (Lipinski definition) is 7. The van der Waals surface area contributed by atoms with Crippen molar-refractivity contribution >= 4 is 40.2 Å². The normalized spacial score (nSPS) is 16.8. The van der Waals surface area contributed by atoms with Crippen LogP contribution in [0.25, 0.3) is 10.6 Å². The first kappa shape index (κ1) is 18.7. The molecule has 0 bridgehead atoms. The van der Waals surface area contributed by atoms with Crippen LogP contribution in [0.5, 0.6) is 0 Å². The van der Waals surface area contributed by atoms with Gasteiger partial charge in [-0.15, -0.1) is 21.5 Å². The molecule has 1 aliphatic rings. The van der Waals surface area contributed by atoms with Gasteiger partial charge >= 0.3 is 0 Å². The zero-order valence-corrected chi connectivity index (χ0v) is 16.9. The van der Waals surface area contributed by atoms with Crippen LogP contribution in [0.15, 0.2) is 35.2 Å². The molecule has 1 N–H and O–H groups in total. The Hall–Kier alpha value is -2.65. The number of piperidine rings is 1. The molecule has 3 heterocycles. The standard InChI is InChI=1S/C19H19N5O2S2/c1-12-22-23-18(28-12)13-5-4-6-14(9-13)21-17(25)16-7-2-3-8-24(16)19(26)15-10-27-11-20-15/h4-6,9-11,16H,2-3,7-8H2,1H3,(H,21,25). The summed E-state index contributed by atoms with van der Waals surface area (Å²) < 4.78 is 0. The van der Waals surface area contributed by atoms with Crippen LogP contribution in [0.2, 0.25) is 0 Å². The Labute approximate surface area is 170 Å². The predicted molar refractivity (Wildman–Crippen MR) is 110 cm³/mol. The molecule has 1 fully saturated rings. The minimum Gasteiger partial charge on any atom is -0.325 e. The number of carbonyl (C=O) groups excluding carboxylic acids is 2. The summed E-state index contributed by atoms with van der Waals surface area (Å²) in [5.41, 5.74) is 3.62. The predicted octanol–water partition coefficient (Wildman–Crippen LogP) is 3.60. The minimum atomic E-state index is -0.490. The molecule has 28 heavy (non-hydrogen) atoms. The van der Waals surface area contributed by atoms with Gasteiger partial charge in [-0.2, -0.15) is 0 Å². The molecule has 1 aromatic carbocycles. The second-order valence-electron chi connectivity index (χ2n) is 6.58. The third-order valence-corrected chi connectivity index (χ3v) is 6.10. The number of aryl methyl sites for hydroxylation is 1. The van der Waals surface area contributed by atoms with Crippen LogP contribution < -0.4 is 5.32 Å². The van der Waals surface area contributed by atoms with Crippen molar-refractivity contribution in [1.29, 1.82) is 0 Å². The van der Waals surface area contributed by atoms with Gasteiger partial charge in [0.05, 0.1) is 5.51 Å². The lowest BCUT2D eigenvalue weighted by Crippen LogP contribution is -2.50. The average Bonchev–Trinajstić information content (AvgIpc) is 3.39. The van der Waals surface area contributed by atoms with E-state index in [1.54, 1.807) is 15.8 Å². The molecule has 1 unspecified atom stereocenters. The molecule has 3 aromatic rings. The number of rotatable bonds is 4. The van der Waals surface area contributed by atoms with Crippen molar-refractivity contribution < 1.29 is 9.59 Å². The van der Waals surface area contributed by atoms with Gasteiger partial charge < -0.3 is 10.2 Å². The lowest BCUT2D eigenvalue weighted by molar-refractivity contribution is -0.121. The Bertz CT molecular complexity index is 986. The molecular weight excluding hydrogens is 394 g/mol. The summed E-state index contributed by atoms with van der Waals surface area (Å²) in [7, 11) is 0. The highest BCUT2D eigenvalue weighted by Crippen LogP contribution is 2.26. The quantitative estimate of drug-likeness (QED) is 0.706. The molecule has 7 nitrogen and oxygen atoms in total.